The topological polar surface area (TPSA) is 58.7 Å². The highest BCUT2D eigenvalue weighted by Gasteiger charge is 2.06. The van der Waals surface area contributed by atoms with Crippen LogP contribution in [0.25, 0.3) is 0 Å². The number of benzene rings is 1. The van der Waals surface area contributed by atoms with Gasteiger partial charge in [0.25, 0.3) is 0 Å². The molecule has 0 spiro atoms. The predicted molar refractivity (Wildman–Crippen MR) is 70.1 cm³/mol. The van der Waals surface area contributed by atoms with Crippen LogP contribution in [0.1, 0.15) is 18.9 Å². The normalized spacial score (nSPS) is 10.8. The van der Waals surface area contributed by atoms with Gasteiger partial charge in [-0.3, -0.25) is 4.90 Å². The van der Waals surface area contributed by atoms with Gasteiger partial charge < -0.3 is 15.6 Å². The Balaban J connectivity index is 2.73. The van der Waals surface area contributed by atoms with E-state index in [9.17, 15) is 0 Å². The van der Waals surface area contributed by atoms with Crippen molar-refractivity contribution in [2.45, 2.75) is 19.9 Å². The van der Waals surface area contributed by atoms with Crippen molar-refractivity contribution in [1.29, 1.82) is 0 Å². The number of nitrogens with two attached hydrogens (primary N) is 1. The molecule has 17 heavy (non-hydrogen) atoms. The lowest BCUT2D eigenvalue weighted by molar-refractivity contribution is 0.190. The molecular formula is C13H22N2O2. The van der Waals surface area contributed by atoms with Crippen molar-refractivity contribution in [3.8, 4) is 5.75 Å². The highest BCUT2D eigenvalue weighted by Crippen LogP contribution is 2.19. The molecule has 0 radical (unpaired) electrons. The SMILES string of the molecule is CCCN(CCO)Cc1cc(N)cc(OC)c1. The molecule has 0 unspecified atom stereocenters. The third-order valence-corrected chi connectivity index (χ3v) is 2.59. The fourth-order valence-electron chi connectivity index (χ4n) is 1.88. The standard InChI is InChI=1S/C13H22N2O2/c1-3-4-15(5-6-16)10-11-7-12(14)9-13(8-11)17-2/h7-9,16H,3-6,10,14H2,1-2H3. The van der Waals surface area contributed by atoms with Gasteiger partial charge in [0, 0.05) is 24.8 Å². The van der Waals surface area contributed by atoms with E-state index in [2.05, 4.69) is 11.8 Å². The highest BCUT2D eigenvalue weighted by molar-refractivity contribution is 5.47. The second-order valence-corrected chi connectivity index (χ2v) is 4.11. The van der Waals surface area contributed by atoms with Crippen molar-refractivity contribution >= 4 is 5.69 Å². The highest BCUT2D eigenvalue weighted by atomic mass is 16.5. The van der Waals surface area contributed by atoms with Gasteiger partial charge in [-0.15, -0.1) is 0 Å². The van der Waals surface area contributed by atoms with E-state index in [1.165, 1.54) is 0 Å². The number of aliphatic hydroxyl groups excluding tert-OH is 1. The second-order valence-electron chi connectivity index (χ2n) is 4.11. The second kappa shape index (κ2) is 7.14. The summed E-state index contributed by atoms with van der Waals surface area (Å²) in [6.07, 6.45) is 1.07. The number of methoxy groups -OCH3 is 1. The average Bonchev–Trinajstić information content (AvgIpc) is 2.29. The summed E-state index contributed by atoms with van der Waals surface area (Å²) in [5.41, 5.74) is 7.63. The molecule has 1 aromatic carbocycles. The van der Waals surface area contributed by atoms with Gasteiger partial charge in [-0.05, 0) is 30.7 Å². The first-order valence-electron chi connectivity index (χ1n) is 5.96. The van der Waals surface area contributed by atoms with E-state index < -0.39 is 0 Å². The Morgan fingerprint density at radius 3 is 2.65 bits per heavy atom. The number of hydrogen-bond donors (Lipinski definition) is 2. The number of rotatable bonds is 7. The van der Waals surface area contributed by atoms with Crippen molar-refractivity contribution in [3.63, 3.8) is 0 Å². The Morgan fingerprint density at radius 2 is 2.06 bits per heavy atom. The molecule has 0 saturated carbocycles. The molecule has 0 saturated heterocycles. The molecule has 1 rings (SSSR count). The van der Waals surface area contributed by atoms with E-state index in [1.54, 1.807) is 13.2 Å². The van der Waals surface area contributed by atoms with E-state index in [0.717, 1.165) is 30.8 Å². The molecule has 0 aliphatic carbocycles. The molecule has 96 valence electrons. The maximum Gasteiger partial charge on any atom is 0.121 e. The Hall–Kier alpha value is -1.26. The molecule has 0 amide bonds. The molecule has 1 aromatic rings. The lowest BCUT2D eigenvalue weighted by Gasteiger charge is -2.21. The van der Waals surface area contributed by atoms with E-state index in [1.807, 2.05) is 12.1 Å². The van der Waals surface area contributed by atoms with Gasteiger partial charge in [-0.25, -0.2) is 0 Å². The summed E-state index contributed by atoms with van der Waals surface area (Å²) in [5, 5.41) is 9.01. The molecule has 0 fully saturated rings. The van der Waals surface area contributed by atoms with Crippen LogP contribution in [0.2, 0.25) is 0 Å². The minimum atomic E-state index is 0.180. The van der Waals surface area contributed by atoms with Gasteiger partial charge in [0.1, 0.15) is 5.75 Å². The van der Waals surface area contributed by atoms with Crippen LogP contribution in [-0.2, 0) is 6.54 Å². The largest absolute Gasteiger partial charge is 0.497 e. The number of ether oxygens (including phenoxy) is 1. The lowest BCUT2D eigenvalue weighted by Crippen LogP contribution is -2.27. The number of anilines is 1. The lowest BCUT2D eigenvalue weighted by atomic mass is 10.1. The average molecular weight is 238 g/mol. The number of hydrogen-bond acceptors (Lipinski definition) is 4. The van der Waals surface area contributed by atoms with Crippen molar-refractivity contribution in [3.05, 3.63) is 23.8 Å². The summed E-state index contributed by atoms with van der Waals surface area (Å²) >= 11 is 0. The van der Waals surface area contributed by atoms with Gasteiger partial charge in [0.2, 0.25) is 0 Å². The Kier molecular flexibility index (Phi) is 5.80. The first-order chi connectivity index (χ1) is 8.19. The van der Waals surface area contributed by atoms with Gasteiger partial charge >= 0.3 is 0 Å². The van der Waals surface area contributed by atoms with Crippen molar-refractivity contribution < 1.29 is 9.84 Å². The smallest absolute Gasteiger partial charge is 0.121 e. The van der Waals surface area contributed by atoms with Crippen molar-refractivity contribution in [2.24, 2.45) is 0 Å². The molecule has 0 aromatic heterocycles. The van der Waals surface area contributed by atoms with Gasteiger partial charge in [-0.1, -0.05) is 6.92 Å². The summed E-state index contributed by atoms with van der Waals surface area (Å²) < 4.78 is 5.19. The first kappa shape index (κ1) is 13.8. The van der Waals surface area contributed by atoms with Crippen molar-refractivity contribution in [2.75, 3.05) is 32.5 Å². The van der Waals surface area contributed by atoms with E-state index in [-0.39, 0.29) is 6.61 Å². The van der Waals surface area contributed by atoms with Crippen LogP contribution < -0.4 is 10.5 Å². The van der Waals surface area contributed by atoms with Gasteiger partial charge in [0.15, 0.2) is 0 Å². The Labute approximate surface area is 103 Å². The first-order valence-corrected chi connectivity index (χ1v) is 5.96. The number of nitrogens with zero attached hydrogens (tertiary/aromatic N) is 1. The van der Waals surface area contributed by atoms with Crippen LogP contribution in [-0.4, -0.2) is 36.8 Å². The van der Waals surface area contributed by atoms with Crippen LogP contribution >= 0.6 is 0 Å². The van der Waals surface area contributed by atoms with Crippen LogP contribution in [0.5, 0.6) is 5.75 Å². The zero-order chi connectivity index (χ0) is 12.7. The summed E-state index contributed by atoms with van der Waals surface area (Å²) in [6.45, 7) is 4.75. The summed E-state index contributed by atoms with van der Waals surface area (Å²) in [7, 11) is 1.64. The van der Waals surface area contributed by atoms with E-state index in [4.69, 9.17) is 15.6 Å². The fraction of sp³-hybridized carbons (Fsp3) is 0.538. The monoisotopic (exact) mass is 238 g/mol. The predicted octanol–water partition coefficient (Wildman–Crippen LogP) is 1.48. The Morgan fingerprint density at radius 1 is 1.29 bits per heavy atom. The number of nitrogen functional groups attached to an aromatic ring is 1. The van der Waals surface area contributed by atoms with Crippen LogP contribution in [0.3, 0.4) is 0 Å². The molecule has 0 aliphatic rings. The maximum atomic E-state index is 9.01. The molecular weight excluding hydrogens is 216 g/mol. The molecule has 0 bridgehead atoms. The third-order valence-electron chi connectivity index (χ3n) is 2.59. The summed E-state index contributed by atoms with van der Waals surface area (Å²) in [4.78, 5) is 2.20. The minimum Gasteiger partial charge on any atom is -0.497 e. The fourth-order valence-corrected chi connectivity index (χ4v) is 1.88. The molecule has 0 atom stereocenters. The third kappa shape index (κ3) is 4.63. The molecule has 4 heteroatoms. The van der Waals surface area contributed by atoms with Crippen LogP contribution in [0.15, 0.2) is 18.2 Å². The van der Waals surface area contributed by atoms with E-state index in [0.29, 0.717) is 12.2 Å². The molecule has 3 N–H and O–H groups in total. The minimum absolute atomic E-state index is 0.180. The number of aliphatic hydroxyl groups is 1. The quantitative estimate of drug-likeness (QED) is 0.706. The molecule has 0 heterocycles. The summed E-state index contributed by atoms with van der Waals surface area (Å²) in [6, 6.07) is 5.73. The maximum absolute atomic E-state index is 9.01. The Bertz CT molecular complexity index is 336. The zero-order valence-electron chi connectivity index (χ0n) is 10.6. The van der Waals surface area contributed by atoms with Crippen LogP contribution in [0.4, 0.5) is 5.69 Å². The molecule has 0 aliphatic heterocycles. The molecule has 4 nitrogen and oxygen atoms in total. The van der Waals surface area contributed by atoms with Gasteiger partial charge in [0.05, 0.1) is 13.7 Å². The zero-order valence-corrected chi connectivity index (χ0v) is 10.6. The van der Waals surface area contributed by atoms with E-state index >= 15 is 0 Å². The summed E-state index contributed by atoms with van der Waals surface area (Å²) in [5.74, 6) is 0.778. The van der Waals surface area contributed by atoms with Crippen molar-refractivity contribution in [1.82, 2.24) is 4.90 Å². The van der Waals surface area contributed by atoms with Gasteiger partial charge in [-0.2, -0.15) is 0 Å². The van der Waals surface area contributed by atoms with Crippen LogP contribution in [0, 0.1) is 0 Å².